The summed E-state index contributed by atoms with van der Waals surface area (Å²) in [5, 5.41) is 21.3. The van der Waals surface area contributed by atoms with Crippen molar-refractivity contribution in [3.63, 3.8) is 0 Å². The molecule has 2 fully saturated rings. The average molecular weight is 270 g/mol. The fourth-order valence-corrected chi connectivity index (χ4v) is 3.22. The van der Waals surface area contributed by atoms with Gasteiger partial charge in [0.1, 0.15) is 0 Å². The average Bonchev–Trinajstić information content (AvgIpc) is 2.25. The van der Waals surface area contributed by atoms with E-state index in [0.29, 0.717) is 12.1 Å². The van der Waals surface area contributed by atoms with Gasteiger partial charge >= 0.3 is 5.97 Å². The van der Waals surface area contributed by atoms with E-state index in [9.17, 15) is 4.79 Å². The van der Waals surface area contributed by atoms with Crippen molar-refractivity contribution >= 4 is 5.97 Å². The van der Waals surface area contributed by atoms with Crippen LogP contribution in [0, 0.1) is 5.92 Å². The highest BCUT2D eigenvalue weighted by Gasteiger charge is 2.34. The molecule has 2 rings (SSSR count). The van der Waals surface area contributed by atoms with Gasteiger partial charge in [-0.2, -0.15) is 0 Å². The first-order valence-electron chi connectivity index (χ1n) is 7.49. The molecule has 0 bridgehead atoms. The number of likely N-dealkylation sites (tertiary alicyclic amines) is 1. The van der Waals surface area contributed by atoms with Gasteiger partial charge in [0, 0.05) is 38.2 Å². The molecule has 5 nitrogen and oxygen atoms in total. The number of carbonyl (C=O) groups is 1. The Balaban J connectivity index is 1.85. The molecule has 1 heterocycles. The van der Waals surface area contributed by atoms with Crippen molar-refractivity contribution in [3.8, 4) is 0 Å². The second-order valence-electron chi connectivity index (χ2n) is 5.97. The highest BCUT2D eigenvalue weighted by Crippen LogP contribution is 2.30. The molecule has 0 spiro atoms. The Bertz CT molecular complexity index is 294. The van der Waals surface area contributed by atoms with Crippen molar-refractivity contribution in [1.82, 2.24) is 10.2 Å². The standard InChI is InChI=1S/C14H26N2O3/c17-6-2-5-15-12-7-11(8-14(18)19)9-16(10-12)13-3-1-4-13/h11-13,15,17H,1-10H2,(H,18,19). The predicted octanol–water partition coefficient (Wildman–Crippen LogP) is 0.676. The van der Waals surface area contributed by atoms with Crippen LogP contribution in [0.5, 0.6) is 0 Å². The van der Waals surface area contributed by atoms with Crippen LogP contribution in [0.15, 0.2) is 0 Å². The van der Waals surface area contributed by atoms with Gasteiger partial charge < -0.3 is 15.5 Å². The number of rotatable bonds is 7. The van der Waals surface area contributed by atoms with E-state index in [1.54, 1.807) is 0 Å². The van der Waals surface area contributed by atoms with Crippen molar-refractivity contribution < 1.29 is 15.0 Å². The molecule has 1 saturated carbocycles. The van der Waals surface area contributed by atoms with Crippen LogP contribution in [0.25, 0.3) is 0 Å². The minimum Gasteiger partial charge on any atom is -0.481 e. The lowest BCUT2D eigenvalue weighted by molar-refractivity contribution is -0.138. The number of nitrogens with one attached hydrogen (secondary N) is 1. The molecule has 0 amide bonds. The number of aliphatic carboxylic acids is 1. The van der Waals surface area contributed by atoms with Gasteiger partial charge in [-0.3, -0.25) is 9.69 Å². The number of nitrogens with zero attached hydrogens (tertiary/aromatic N) is 1. The third-order valence-electron chi connectivity index (χ3n) is 4.39. The van der Waals surface area contributed by atoms with E-state index in [1.807, 2.05) is 0 Å². The fourth-order valence-electron chi connectivity index (χ4n) is 3.22. The summed E-state index contributed by atoms with van der Waals surface area (Å²) in [6.07, 6.45) is 5.84. The van der Waals surface area contributed by atoms with Crippen LogP contribution in [-0.4, -0.2) is 59.4 Å². The van der Waals surface area contributed by atoms with Crippen LogP contribution in [-0.2, 0) is 4.79 Å². The predicted molar refractivity (Wildman–Crippen MR) is 73.1 cm³/mol. The molecule has 2 atom stereocenters. The lowest BCUT2D eigenvalue weighted by Crippen LogP contribution is -2.54. The number of carboxylic acid groups (broad SMARTS) is 1. The lowest BCUT2D eigenvalue weighted by atomic mass is 9.85. The van der Waals surface area contributed by atoms with Gasteiger partial charge in [0.15, 0.2) is 0 Å². The maximum absolute atomic E-state index is 10.9. The first-order valence-corrected chi connectivity index (χ1v) is 7.49. The number of hydrogen-bond donors (Lipinski definition) is 3. The number of hydrogen-bond acceptors (Lipinski definition) is 4. The van der Waals surface area contributed by atoms with Crippen LogP contribution in [0.2, 0.25) is 0 Å². The van der Waals surface area contributed by atoms with Crippen molar-refractivity contribution in [2.75, 3.05) is 26.2 Å². The minimum atomic E-state index is -0.686. The van der Waals surface area contributed by atoms with E-state index in [-0.39, 0.29) is 18.9 Å². The number of piperidine rings is 1. The molecule has 0 aromatic heterocycles. The zero-order chi connectivity index (χ0) is 13.7. The second kappa shape index (κ2) is 7.22. The fraction of sp³-hybridized carbons (Fsp3) is 0.929. The van der Waals surface area contributed by atoms with Crippen molar-refractivity contribution in [3.05, 3.63) is 0 Å². The molecule has 2 aliphatic rings. The normalized spacial score (nSPS) is 29.1. The molecule has 2 unspecified atom stereocenters. The Kier molecular flexibility index (Phi) is 5.60. The second-order valence-corrected chi connectivity index (χ2v) is 5.97. The Morgan fingerprint density at radius 3 is 2.68 bits per heavy atom. The third-order valence-corrected chi connectivity index (χ3v) is 4.39. The molecule has 1 saturated heterocycles. The molecule has 3 N–H and O–H groups in total. The Morgan fingerprint density at radius 1 is 1.32 bits per heavy atom. The summed E-state index contributed by atoms with van der Waals surface area (Å²) in [7, 11) is 0. The van der Waals surface area contributed by atoms with Gasteiger partial charge in [-0.15, -0.1) is 0 Å². The van der Waals surface area contributed by atoms with Gasteiger partial charge in [0.2, 0.25) is 0 Å². The molecule has 19 heavy (non-hydrogen) atoms. The van der Waals surface area contributed by atoms with Crippen LogP contribution >= 0.6 is 0 Å². The SMILES string of the molecule is O=C(O)CC1CC(NCCCO)CN(C2CCC2)C1. The molecule has 0 radical (unpaired) electrons. The van der Waals surface area contributed by atoms with Gasteiger partial charge in [0.25, 0.3) is 0 Å². The van der Waals surface area contributed by atoms with E-state index in [1.165, 1.54) is 19.3 Å². The van der Waals surface area contributed by atoms with Gasteiger partial charge in [-0.05, 0) is 38.1 Å². The van der Waals surface area contributed by atoms with Crippen LogP contribution in [0.4, 0.5) is 0 Å². The summed E-state index contributed by atoms with van der Waals surface area (Å²) < 4.78 is 0. The van der Waals surface area contributed by atoms with Crippen LogP contribution in [0.1, 0.15) is 38.5 Å². The van der Waals surface area contributed by atoms with Crippen molar-refractivity contribution in [2.24, 2.45) is 5.92 Å². The number of aliphatic hydroxyl groups is 1. The summed E-state index contributed by atoms with van der Waals surface area (Å²) in [5.74, 6) is -0.423. The van der Waals surface area contributed by atoms with E-state index in [4.69, 9.17) is 10.2 Å². The van der Waals surface area contributed by atoms with Crippen LogP contribution < -0.4 is 5.32 Å². The third kappa shape index (κ3) is 4.44. The highest BCUT2D eigenvalue weighted by molar-refractivity contribution is 5.67. The molecule has 0 aromatic carbocycles. The first kappa shape index (κ1) is 14.8. The van der Waals surface area contributed by atoms with E-state index in [0.717, 1.165) is 32.5 Å². The van der Waals surface area contributed by atoms with Gasteiger partial charge in [-0.1, -0.05) is 6.42 Å². The summed E-state index contributed by atoms with van der Waals surface area (Å²) in [6.45, 7) is 3.01. The van der Waals surface area contributed by atoms with E-state index < -0.39 is 5.97 Å². The monoisotopic (exact) mass is 270 g/mol. The summed E-state index contributed by atoms with van der Waals surface area (Å²) in [4.78, 5) is 13.4. The quantitative estimate of drug-likeness (QED) is 0.593. The smallest absolute Gasteiger partial charge is 0.303 e. The molecular weight excluding hydrogens is 244 g/mol. The van der Waals surface area contributed by atoms with E-state index >= 15 is 0 Å². The first-order chi connectivity index (χ1) is 9.19. The summed E-state index contributed by atoms with van der Waals surface area (Å²) in [5.41, 5.74) is 0. The Hall–Kier alpha value is -0.650. The Labute approximate surface area is 115 Å². The van der Waals surface area contributed by atoms with Crippen LogP contribution in [0.3, 0.4) is 0 Å². The number of carboxylic acids is 1. The lowest BCUT2D eigenvalue weighted by Gasteiger charge is -2.45. The number of aliphatic hydroxyl groups excluding tert-OH is 1. The molecule has 1 aliphatic heterocycles. The summed E-state index contributed by atoms with van der Waals surface area (Å²) >= 11 is 0. The van der Waals surface area contributed by atoms with Crippen molar-refractivity contribution in [2.45, 2.75) is 50.6 Å². The van der Waals surface area contributed by atoms with Gasteiger partial charge in [0.05, 0.1) is 0 Å². The molecule has 110 valence electrons. The topological polar surface area (TPSA) is 72.8 Å². The maximum Gasteiger partial charge on any atom is 0.303 e. The highest BCUT2D eigenvalue weighted by atomic mass is 16.4. The Morgan fingerprint density at radius 2 is 2.11 bits per heavy atom. The molecule has 5 heteroatoms. The molecule has 0 aromatic rings. The zero-order valence-electron chi connectivity index (χ0n) is 11.6. The van der Waals surface area contributed by atoms with Crippen molar-refractivity contribution in [1.29, 1.82) is 0 Å². The minimum absolute atomic E-state index is 0.213. The molecule has 1 aliphatic carbocycles. The maximum atomic E-state index is 10.9. The zero-order valence-corrected chi connectivity index (χ0v) is 11.6. The van der Waals surface area contributed by atoms with Gasteiger partial charge in [-0.25, -0.2) is 0 Å². The largest absolute Gasteiger partial charge is 0.481 e. The van der Waals surface area contributed by atoms with E-state index in [2.05, 4.69) is 10.2 Å². The molecular formula is C14H26N2O3. The summed E-state index contributed by atoms with van der Waals surface area (Å²) in [6, 6.07) is 1.06.